The monoisotopic (exact) mass is 334 g/mol. The molecule has 2 rings (SSSR count). The second kappa shape index (κ2) is 6.75. The second-order valence-electron chi connectivity index (χ2n) is 4.72. The van der Waals surface area contributed by atoms with Crippen molar-refractivity contribution in [3.8, 4) is 5.75 Å². The van der Waals surface area contributed by atoms with E-state index in [1.165, 1.54) is 16.7 Å². The van der Waals surface area contributed by atoms with Crippen molar-refractivity contribution >= 4 is 21.7 Å². The minimum atomic E-state index is 0.862. The molecular formula is C16H19BrN2O. The van der Waals surface area contributed by atoms with E-state index in [2.05, 4.69) is 46.1 Å². The summed E-state index contributed by atoms with van der Waals surface area (Å²) in [6, 6.07) is 8.13. The number of benzene rings is 1. The van der Waals surface area contributed by atoms with Crippen molar-refractivity contribution in [1.29, 1.82) is 0 Å². The lowest BCUT2D eigenvalue weighted by Crippen LogP contribution is -2.07. The molecule has 0 radical (unpaired) electrons. The third-order valence-electron chi connectivity index (χ3n) is 3.50. The van der Waals surface area contributed by atoms with Crippen LogP contribution in [-0.4, -0.2) is 18.6 Å². The molecule has 0 saturated carbocycles. The van der Waals surface area contributed by atoms with Gasteiger partial charge >= 0.3 is 0 Å². The van der Waals surface area contributed by atoms with Crippen LogP contribution in [0.15, 0.2) is 34.9 Å². The Morgan fingerprint density at radius 2 is 1.95 bits per heavy atom. The predicted octanol–water partition coefficient (Wildman–Crippen LogP) is 4.12. The molecule has 4 heteroatoms. The Hall–Kier alpha value is -1.55. The molecule has 0 saturated heterocycles. The van der Waals surface area contributed by atoms with E-state index in [0.717, 1.165) is 29.0 Å². The number of halogens is 1. The van der Waals surface area contributed by atoms with E-state index in [1.807, 2.05) is 18.2 Å². The molecule has 0 aliphatic carbocycles. The molecule has 0 fully saturated rings. The molecule has 0 aliphatic rings. The molecule has 1 aromatic carbocycles. The van der Waals surface area contributed by atoms with Gasteiger partial charge in [-0.1, -0.05) is 6.07 Å². The van der Waals surface area contributed by atoms with Crippen LogP contribution in [0.5, 0.6) is 5.75 Å². The summed E-state index contributed by atoms with van der Waals surface area (Å²) >= 11 is 3.38. The lowest BCUT2D eigenvalue weighted by atomic mass is 10.00. The van der Waals surface area contributed by atoms with Crippen molar-refractivity contribution in [3.05, 3.63) is 51.6 Å². The van der Waals surface area contributed by atoms with E-state index in [9.17, 15) is 0 Å². The van der Waals surface area contributed by atoms with Crippen LogP contribution in [0, 0.1) is 13.8 Å². The number of anilines is 1. The summed E-state index contributed by atoms with van der Waals surface area (Å²) in [5, 5.41) is 3.33. The molecule has 0 aliphatic heterocycles. The number of nitrogens with one attached hydrogen (secondary N) is 1. The standard InChI is InChI=1S/C16H19BrN2O/c1-11-12(2)15(20-3)6-4-13(11)8-9-18-16-7-5-14(17)10-19-16/h4-7,10H,8-9H2,1-3H3,(H,18,19). The topological polar surface area (TPSA) is 34.1 Å². The van der Waals surface area contributed by atoms with E-state index in [4.69, 9.17) is 4.74 Å². The van der Waals surface area contributed by atoms with Crippen LogP contribution in [0.4, 0.5) is 5.82 Å². The summed E-state index contributed by atoms with van der Waals surface area (Å²) in [6.07, 6.45) is 2.76. The van der Waals surface area contributed by atoms with Crippen molar-refractivity contribution in [1.82, 2.24) is 4.98 Å². The lowest BCUT2D eigenvalue weighted by molar-refractivity contribution is 0.411. The summed E-state index contributed by atoms with van der Waals surface area (Å²) in [4.78, 5) is 4.30. The number of rotatable bonds is 5. The van der Waals surface area contributed by atoms with E-state index < -0.39 is 0 Å². The molecule has 0 spiro atoms. The van der Waals surface area contributed by atoms with E-state index >= 15 is 0 Å². The number of ether oxygens (including phenoxy) is 1. The van der Waals surface area contributed by atoms with Gasteiger partial charge in [-0.3, -0.25) is 0 Å². The summed E-state index contributed by atoms with van der Waals surface area (Å²) in [6.45, 7) is 5.10. The van der Waals surface area contributed by atoms with Gasteiger partial charge in [-0.25, -0.2) is 4.98 Å². The third kappa shape index (κ3) is 3.51. The second-order valence-corrected chi connectivity index (χ2v) is 5.63. The van der Waals surface area contributed by atoms with Gasteiger partial charge in [-0.05, 0) is 71.1 Å². The molecule has 0 atom stereocenters. The van der Waals surface area contributed by atoms with Crippen LogP contribution in [0.2, 0.25) is 0 Å². The summed E-state index contributed by atoms with van der Waals surface area (Å²) in [5.74, 6) is 1.85. The van der Waals surface area contributed by atoms with Crippen LogP contribution in [0.1, 0.15) is 16.7 Å². The smallest absolute Gasteiger partial charge is 0.125 e. The summed E-state index contributed by atoms with van der Waals surface area (Å²) in [7, 11) is 1.71. The van der Waals surface area contributed by atoms with Gasteiger partial charge in [0, 0.05) is 17.2 Å². The van der Waals surface area contributed by atoms with E-state index in [1.54, 1.807) is 13.3 Å². The van der Waals surface area contributed by atoms with Gasteiger partial charge in [-0.2, -0.15) is 0 Å². The van der Waals surface area contributed by atoms with Crippen LogP contribution in [0.3, 0.4) is 0 Å². The largest absolute Gasteiger partial charge is 0.496 e. The fourth-order valence-corrected chi connectivity index (χ4v) is 2.38. The Morgan fingerprint density at radius 3 is 2.60 bits per heavy atom. The number of pyridine rings is 1. The summed E-state index contributed by atoms with van der Waals surface area (Å²) < 4.78 is 6.33. The maximum Gasteiger partial charge on any atom is 0.125 e. The Kier molecular flexibility index (Phi) is 5.01. The number of aromatic nitrogens is 1. The first-order valence-electron chi connectivity index (χ1n) is 6.60. The number of nitrogens with zero attached hydrogens (tertiary/aromatic N) is 1. The van der Waals surface area contributed by atoms with Crippen LogP contribution < -0.4 is 10.1 Å². The molecule has 1 N–H and O–H groups in total. The molecule has 106 valence electrons. The molecule has 1 heterocycles. The zero-order valence-electron chi connectivity index (χ0n) is 12.0. The number of hydrogen-bond acceptors (Lipinski definition) is 3. The lowest BCUT2D eigenvalue weighted by Gasteiger charge is -2.13. The number of methoxy groups -OCH3 is 1. The molecule has 2 aromatic rings. The Morgan fingerprint density at radius 1 is 1.15 bits per heavy atom. The van der Waals surface area contributed by atoms with E-state index in [-0.39, 0.29) is 0 Å². The van der Waals surface area contributed by atoms with Crippen LogP contribution >= 0.6 is 15.9 Å². The highest BCUT2D eigenvalue weighted by Crippen LogP contribution is 2.24. The van der Waals surface area contributed by atoms with Gasteiger partial charge in [0.1, 0.15) is 11.6 Å². The summed E-state index contributed by atoms with van der Waals surface area (Å²) in [5.41, 5.74) is 3.86. The highest BCUT2D eigenvalue weighted by Gasteiger charge is 2.06. The average Bonchev–Trinajstić information content (AvgIpc) is 2.46. The predicted molar refractivity (Wildman–Crippen MR) is 86.6 cm³/mol. The van der Waals surface area contributed by atoms with Gasteiger partial charge in [0.25, 0.3) is 0 Å². The fraction of sp³-hybridized carbons (Fsp3) is 0.312. The highest BCUT2D eigenvalue weighted by atomic mass is 79.9. The van der Waals surface area contributed by atoms with Gasteiger partial charge in [-0.15, -0.1) is 0 Å². The quantitative estimate of drug-likeness (QED) is 0.892. The minimum absolute atomic E-state index is 0.862. The molecule has 0 amide bonds. The Bertz CT molecular complexity index is 582. The van der Waals surface area contributed by atoms with Crippen LogP contribution in [0.25, 0.3) is 0 Å². The third-order valence-corrected chi connectivity index (χ3v) is 3.97. The van der Waals surface area contributed by atoms with Crippen LogP contribution in [-0.2, 0) is 6.42 Å². The average molecular weight is 335 g/mol. The van der Waals surface area contributed by atoms with Gasteiger partial charge in [0.05, 0.1) is 7.11 Å². The first-order valence-corrected chi connectivity index (χ1v) is 7.39. The zero-order chi connectivity index (χ0) is 14.5. The first kappa shape index (κ1) is 14.9. The molecule has 0 unspecified atom stereocenters. The highest BCUT2D eigenvalue weighted by molar-refractivity contribution is 9.10. The normalized spacial score (nSPS) is 10.4. The Labute approximate surface area is 128 Å². The van der Waals surface area contributed by atoms with Gasteiger partial charge in [0.15, 0.2) is 0 Å². The molecule has 0 bridgehead atoms. The first-order chi connectivity index (χ1) is 9.61. The fourth-order valence-electron chi connectivity index (χ4n) is 2.15. The minimum Gasteiger partial charge on any atom is -0.496 e. The Balaban J connectivity index is 1.97. The van der Waals surface area contributed by atoms with Crippen molar-refractivity contribution in [3.63, 3.8) is 0 Å². The zero-order valence-corrected chi connectivity index (χ0v) is 13.6. The van der Waals surface area contributed by atoms with Gasteiger partial charge < -0.3 is 10.1 Å². The van der Waals surface area contributed by atoms with E-state index in [0.29, 0.717) is 0 Å². The van der Waals surface area contributed by atoms with Crippen molar-refractivity contribution < 1.29 is 4.74 Å². The molecule has 20 heavy (non-hydrogen) atoms. The number of hydrogen-bond donors (Lipinski definition) is 1. The van der Waals surface area contributed by atoms with Gasteiger partial charge in [0.2, 0.25) is 0 Å². The molecule has 1 aromatic heterocycles. The SMILES string of the molecule is COc1ccc(CCNc2ccc(Br)cn2)c(C)c1C. The maximum absolute atomic E-state index is 5.34. The van der Waals surface area contributed by atoms with Crippen molar-refractivity contribution in [2.24, 2.45) is 0 Å². The molecular weight excluding hydrogens is 316 g/mol. The van der Waals surface area contributed by atoms with Crippen molar-refractivity contribution in [2.75, 3.05) is 19.0 Å². The van der Waals surface area contributed by atoms with Crippen molar-refractivity contribution in [2.45, 2.75) is 20.3 Å². The molecule has 3 nitrogen and oxygen atoms in total. The maximum atomic E-state index is 5.34.